The van der Waals surface area contributed by atoms with Gasteiger partial charge in [0.15, 0.2) is 23.0 Å². The highest BCUT2D eigenvalue weighted by Crippen LogP contribution is 2.55. The fourth-order valence-electron chi connectivity index (χ4n) is 7.90. The number of ether oxygens (including phenoxy) is 4. The van der Waals surface area contributed by atoms with Gasteiger partial charge >= 0.3 is 0 Å². The van der Waals surface area contributed by atoms with E-state index in [1.165, 1.54) is 33.4 Å². The lowest BCUT2D eigenvalue weighted by Crippen LogP contribution is -2.71. The Labute approximate surface area is 248 Å². The van der Waals surface area contributed by atoms with Crippen LogP contribution in [0.15, 0.2) is 84.9 Å². The Hall–Kier alpha value is -4.00. The SMILES string of the molecule is COc1cc2c(cc1OC)[C@@]1(c3ccccc3)CN3CCc4cc(OC)c(OC)cc4[C@@]3(c3ccccc3)CN1CC2. The molecule has 4 aromatic carbocycles. The average molecular weight is 563 g/mol. The van der Waals surface area contributed by atoms with E-state index >= 15 is 0 Å². The highest BCUT2D eigenvalue weighted by atomic mass is 16.5. The van der Waals surface area contributed by atoms with E-state index < -0.39 is 0 Å². The summed E-state index contributed by atoms with van der Waals surface area (Å²) in [6, 6.07) is 30.9. The first-order valence-electron chi connectivity index (χ1n) is 14.7. The lowest BCUT2D eigenvalue weighted by atomic mass is 9.66. The van der Waals surface area contributed by atoms with Gasteiger partial charge in [-0.15, -0.1) is 0 Å². The van der Waals surface area contributed by atoms with E-state index in [0.29, 0.717) is 0 Å². The van der Waals surface area contributed by atoms with Crippen LogP contribution < -0.4 is 18.9 Å². The van der Waals surface area contributed by atoms with Crippen molar-refractivity contribution in [2.24, 2.45) is 0 Å². The summed E-state index contributed by atoms with van der Waals surface area (Å²) in [7, 11) is 6.89. The molecule has 4 aromatic rings. The van der Waals surface area contributed by atoms with Crippen LogP contribution in [-0.4, -0.2) is 64.4 Å². The Kier molecular flexibility index (Phi) is 6.63. The van der Waals surface area contributed by atoms with Crippen molar-refractivity contribution in [3.8, 4) is 23.0 Å². The number of methoxy groups -OCH3 is 4. The highest BCUT2D eigenvalue weighted by molar-refractivity contribution is 5.59. The fraction of sp³-hybridized carbons (Fsp3) is 0.333. The van der Waals surface area contributed by atoms with Crippen molar-refractivity contribution in [2.75, 3.05) is 54.6 Å². The van der Waals surface area contributed by atoms with Crippen molar-refractivity contribution in [3.05, 3.63) is 118 Å². The van der Waals surface area contributed by atoms with Gasteiger partial charge in [0, 0.05) is 26.2 Å². The van der Waals surface area contributed by atoms with Gasteiger partial charge in [0.1, 0.15) is 0 Å². The van der Waals surface area contributed by atoms with Crippen molar-refractivity contribution in [1.29, 1.82) is 0 Å². The van der Waals surface area contributed by atoms with Crippen molar-refractivity contribution < 1.29 is 18.9 Å². The molecule has 2 atom stereocenters. The normalized spacial score (nSPS) is 23.1. The summed E-state index contributed by atoms with van der Waals surface area (Å²) in [5.74, 6) is 3.12. The summed E-state index contributed by atoms with van der Waals surface area (Å²) in [6.45, 7) is 3.54. The molecule has 0 bridgehead atoms. The van der Waals surface area contributed by atoms with Crippen LogP contribution in [0.5, 0.6) is 23.0 Å². The number of nitrogens with zero attached hydrogens (tertiary/aromatic N) is 2. The molecule has 1 saturated heterocycles. The van der Waals surface area contributed by atoms with Crippen molar-refractivity contribution in [2.45, 2.75) is 23.9 Å². The summed E-state index contributed by atoms with van der Waals surface area (Å²) >= 11 is 0. The van der Waals surface area contributed by atoms with Gasteiger partial charge < -0.3 is 18.9 Å². The van der Waals surface area contributed by atoms with E-state index in [-0.39, 0.29) is 11.1 Å². The molecule has 6 heteroatoms. The predicted octanol–water partition coefficient (Wildman–Crippen LogP) is 5.64. The minimum absolute atomic E-state index is 0.346. The first-order valence-corrected chi connectivity index (χ1v) is 14.7. The topological polar surface area (TPSA) is 43.4 Å². The van der Waals surface area contributed by atoms with E-state index in [1.807, 2.05) is 0 Å². The van der Waals surface area contributed by atoms with Crippen LogP contribution in [0.4, 0.5) is 0 Å². The number of piperazine rings is 1. The van der Waals surface area contributed by atoms with Crippen LogP contribution in [0.2, 0.25) is 0 Å². The monoisotopic (exact) mass is 562 g/mol. The van der Waals surface area contributed by atoms with Crippen LogP contribution >= 0.6 is 0 Å². The molecule has 0 spiro atoms. The quantitative estimate of drug-likeness (QED) is 0.303. The molecule has 3 aliphatic heterocycles. The summed E-state index contributed by atoms with van der Waals surface area (Å²) in [6.07, 6.45) is 1.88. The second-order valence-corrected chi connectivity index (χ2v) is 11.5. The van der Waals surface area contributed by atoms with Gasteiger partial charge in [-0.1, -0.05) is 60.7 Å². The van der Waals surface area contributed by atoms with E-state index in [1.54, 1.807) is 28.4 Å². The maximum Gasteiger partial charge on any atom is 0.161 e. The minimum atomic E-state index is -0.346. The third-order valence-corrected chi connectivity index (χ3v) is 9.83. The summed E-state index contributed by atoms with van der Waals surface area (Å²) in [5, 5.41) is 0. The van der Waals surface area contributed by atoms with Crippen LogP contribution in [0.3, 0.4) is 0 Å². The molecule has 0 N–H and O–H groups in total. The molecular weight excluding hydrogens is 524 g/mol. The Balaban J connectivity index is 1.48. The zero-order valence-electron chi connectivity index (χ0n) is 24.9. The minimum Gasteiger partial charge on any atom is -0.493 e. The number of hydrogen-bond acceptors (Lipinski definition) is 6. The van der Waals surface area contributed by atoms with Gasteiger partial charge in [0.2, 0.25) is 0 Å². The van der Waals surface area contributed by atoms with Crippen LogP contribution in [0, 0.1) is 0 Å². The molecule has 0 aromatic heterocycles. The lowest BCUT2D eigenvalue weighted by Gasteiger charge is -2.63. The van der Waals surface area contributed by atoms with Gasteiger partial charge in [-0.2, -0.15) is 0 Å². The summed E-state index contributed by atoms with van der Waals surface area (Å²) in [5.41, 5.74) is 7.17. The van der Waals surface area contributed by atoms with Crippen LogP contribution in [-0.2, 0) is 23.9 Å². The zero-order valence-corrected chi connectivity index (χ0v) is 24.9. The van der Waals surface area contributed by atoms with Crippen LogP contribution in [0.25, 0.3) is 0 Å². The van der Waals surface area contributed by atoms with E-state index in [2.05, 4.69) is 94.7 Å². The third-order valence-electron chi connectivity index (χ3n) is 9.83. The van der Waals surface area contributed by atoms with Gasteiger partial charge in [-0.05, 0) is 70.5 Å². The number of benzene rings is 4. The first kappa shape index (κ1) is 26.9. The Bertz CT molecular complexity index is 1490. The van der Waals surface area contributed by atoms with Crippen molar-refractivity contribution in [3.63, 3.8) is 0 Å². The largest absolute Gasteiger partial charge is 0.493 e. The Morgan fingerprint density at radius 2 is 0.857 bits per heavy atom. The standard InChI is InChI=1S/C36H38N2O4/c1-39-31-19-25-15-17-37-24-36(28-13-9-6-10-14-28)30-22-34(42-4)32(40-2)20-26(30)16-18-38(36)23-35(37,27-11-7-5-8-12-27)29(25)21-33(31)41-3/h5-14,19-22H,15-18,23-24H2,1-4H3/t35-,36-/m0/s1. The smallest absolute Gasteiger partial charge is 0.161 e. The second kappa shape index (κ2) is 10.4. The van der Waals surface area contributed by atoms with Gasteiger partial charge in [-0.25, -0.2) is 0 Å². The molecule has 0 saturated carbocycles. The molecule has 0 amide bonds. The lowest BCUT2D eigenvalue weighted by molar-refractivity contribution is -0.0672. The van der Waals surface area contributed by atoms with Gasteiger partial charge in [-0.3, -0.25) is 9.80 Å². The maximum absolute atomic E-state index is 5.87. The summed E-state index contributed by atoms with van der Waals surface area (Å²) in [4.78, 5) is 5.46. The molecular formula is C36H38N2O4. The number of fused-ring (bicyclic) bond motifs is 6. The molecule has 42 heavy (non-hydrogen) atoms. The predicted molar refractivity (Wildman–Crippen MR) is 164 cm³/mol. The molecule has 0 aliphatic carbocycles. The summed E-state index contributed by atoms with van der Waals surface area (Å²) < 4.78 is 23.2. The first-order chi connectivity index (χ1) is 20.6. The van der Waals surface area contributed by atoms with Gasteiger partial charge in [0.25, 0.3) is 0 Å². The number of rotatable bonds is 6. The molecule has 1 fully saturated rings. The van der Waals surface area contributed by atoms with E-state index in [0.717, 1.165) is 62.0 Å². The fourth-order valence-corrected chi connectivity index (χ4v) is 7.90. The highest BCUT2D eigenvalue weighted by Gasteiger charge is 2.58. The van der Waals surface area contributed by atoms with Gasteiger partial charge in [0.05, 0.1) is 39.5 Å². The Morgan fingerprint density at radius 1 is 0.500 bits per heavy atom. The molecule has 0 unspecified atom stereocenters. The molecule has 7 rings (SSSR count). The van der Waals surface area contributed by atoms with E-state index in [9.17, 15) is 0 Å². The number of hydrogen-bond donors (Lipinski definition) is 0. The van der Waals surface area contributed by atoms with Crippen molar-refractivity contribution in [1.82, 2.24) is 9.80 Å². The van der Waals surface area contributed by atoms with E-state index in [4.69, 9.17) is 18.9 Å². The molecule has 0 radical (unpaired) electrons. The third kappa shape index (κ3) is 3.78. The van der Waals surface area contributed by atoms with Crippen molar-refractivity contribution >= 4 is 0 Å². The molecule has 6 nitrogen and oxygen atoms in total. The average Bonchev–Trinajstić information content (AvgIpc) is 3.06. The second-order valence-electron chi connectivity index (χ2n) is 11.5. The zero-order chi connectivity index (χ0) is 28.9. The molecule has 3 heterocycles. The van der Waals surface area contributed by atoms with Crippen LogP contribution in [0.1, 0.15) is 33.4 Å². The maximum atomic E-state index is 5.87. The molecule has 216 valence electrons. The Morgan fingerprint density at radius 3 is 1.21 bits per heavy atom. The molecule has 3 aliphatic rings.